The van der Waals surface area contributed by atoms with Crippen molar-refractivity contribution in [2.45, 2.75) is 160 Å². The van der Waals surface area contributed by atoms with Gasteiger partial charge in [-0.1, -0.05) is 168 Å². The Hall–Kier alpha value is -5.61. The molecule has 3 N–H and O–H groups in total. The number of nitrogens with two attached hydrogens (primary N) is 1. The van der Waals surface area contributed by atoms with E-state index in [0.717, 1.165) is 104 Å². The Morgan fingerprint density at radius 3 is 0.940 bits per heavy atom. The molecular weight excluding hydrogens is 1740 g/mol. The molecule has 8 aromatic rings. The number of H-pyrrole nitrogens is 1. The van der Waals surface area contributed by atoms with Gasteiger partial charge in [0.05, 0.1) is 23.0 Å². The monoisotopic (exact) mass is 1850 g/mol. The molecule has 21 nitrogen and oxygen atoms in total. The molecule has 0 atom stereocenters. The Balaban J connectivity index is -0.000000107. The van der Waals surface area contributed by atoms with Crippen LogP contribution < -0.4 is 11.3 Å². The van der Waals surface area contributed by atoms with E-state index >= 15 is 0 Å². The van der Waals surface area contributed by atoms with Crippen molar-refractivity contribution in [3.63, 3.8) is 0 Å². The molecule has 0 saturated carbocycles. The Labute approximate surface area is 565 Å². The summed E-state index contributed by atoms with van der Waals surface area (Å²) in [5.41, 5.74) is 18.5. The predicted octanol–water partition coefficient (Wildman–Crippen LogP) is 14.1. The van der Waals surface area contributed by atoms with Gasteiger partial charge in [-0.15, -0.1) is 46.9 Å². The van der Waals surface area contributed by atoms with Crippen LogP contribution in [0.5, 0.6) is 0 Å². The topological polar surface area (TPSA) is 264 Å². The van der Waals surface area contributed by atoms with Gasteiger partial charge in [-0.2, -0.15) is 0 Å². The van der Waals surface area contributed by atoms with Crippen molar-refractivity contribution < 1.29 is 93.5 Å². The minimum atomic E-state index is -0.788. The fraction of sp³-hybridized carbons (Fsp3) is 0.390. The first-order chi connectivity index (χ1) is 34.7. The maximum Gasteiger partial charge on any atom is 2.00 e. The number of nitrogens with zero attached hydrogens (tertiary/aromatic N) is 16. The fourth-order valence-electron chi connectivity index (χ4n) is 7.05. The Morgan fingerprint density at radius 2 is 0.714 bits per heavy atom. The van der Waals surface area contributed by atoms with Crippen LogP contribution in [0.25, 0.3) is 46.1 Å². The number of rotatable bonds is 9. The third-order valence-corrected chi connectivity index (χ3v) is 11.4. The molecule has 0 spiro atoms. The number of nitro groups is 1. The molecule has 0 saturated heterocycles. The summed E-state index contributed by atoms with van der Waals surface area (Å²) < 4.78 is 7.53. The Morgan fingerprint density at radius 1 is 0.476 bits per heavy atom. The Kier molecular flexibility index (Phi) is 45.5. The summed E-state index contributed by atoms with van der Waals surface area (Å²) in [5, 5.41) is 28.6. The van der Waals surface area contributed by atoms with Gasteiger partial charge in [0.15, 0.2) is 23.3 Å². The number of aromatic amines is 1. The molecule has 0 aliphatic rings. The largest absolute Gasteiger partial charge is 2.00 e. The van der Waals surface area contributed by atoms with E-state index in [1.54, 1.807) is 17.1 Å². The standard InChI is InChI=1S/2C13H17N4.C12H14N5O3.C12H16N5.C3H8.2CH4.4CH3.4W.3H2/c2*1-8(2)17-11(5)10(4)12(16-17)13-14-6-9(3)7-15-13;1-6(2)16-8(4)7(3)10(15-16)11-13-5-9(17(19)20)12(18)14-11;1-7(2)17-9(4)8(3)11(16-17)12-14-5-10(13)6-15-12;1-3-2;;;;;;;;;;;;;/h2*6-7H,1-5H3;5H,1-4H3,(H,13,14,18);5-6H,13H2,1-4H3;3H2,1-2H3;2*1H4;4*1H3;;;;;3*1H/q4*-1;;;;4*-1;4*+2;;;/i;;;;;;;;;;;;;;;3*1+1. The van der Waals surface area contributed by atoms with Crippen LogP contribution in [0, 0.1) is 133 Å². The van der Waals surface area contributed by atoms with Crippen LogP contribution in [-0.4, -0.2) is 83.9 Å². The van der Waals surface area contributed by atoms with Crippen LogP contribution in [0.2, 0.25) is 0 Å². The number of nitrogen functional groups attached to an aromatic ring is 1. The van der Waals surface area contributed by atoms with Gasteiger partial charge in [0.1, 0.15) is 29.0 Å². The average molecular weight is 1850 g/mol. The minimum absolute atomic E-state index is 0. The van der Waals surface area contributed by atoms with E-state index < -0.39 is 16.2 Å². The molecule has 0 amide bonds. The quantitative estimate of drug-likeness (QED) is 0.0773. The zero-order valence-corrected chi connectivity index (χ0v) is 64.1. The van der Waals surface area contributed by atoms with Crippen molar-refractivity contribution in [3.8, 4) is 46.1 Å². The summed E-state index contributed by atoms with van der Waals surface area (Å²) in [6.45, 7) is 40.3. The summed E-state index contributed by atoms with van der Waals surface area (Å²) in [7, 11) is 0. The second-order valence-electron chi connectivity index (χ2n) is 18.6. The van der Waals surface area contributed by atoms with Gasteiger partial charge in [-0.3, -0.25) is 19.9 Å². The minimum Gasteiger partial charge on any atom is -0.399 e. The molecule has 8 aromatic heterocycles. The SMILES string of the molecule is C.C.CCC.Cc1c(-c2ncc(N)cn2)nn([C-](C)C)c1C.Cc1c(-c2ncc([N+](=O)[O-])c(=O)[nH]2)nn([C-](C)C)c1C.Cc1cnc(-c2nn([C-](C)C)c(C)c2C)nc1.Cc1cnc(-c2nn([C-](C)C)c(C)c2C)nc1.[2HH].[2HH].[2HH].[CH3-].[CH3-].[CH3-].[CH3-].[W+2].[W+2].[W+2].[W+2]. The van der Waals surface area contributed by atoms with Gasteiger partial charge >= 0.3 is 95.5 Å². The normalized spacial score (nSPS) is 9.19. The zero-order valence-electron chi connectivity index (χ0n) is 52.3. The maximum atomic E-state index is 11.6. The van der Waals surface area contributed by atoms with Gasteiger partial charge in [0, 0.05) is 29.1 Å². The first kappa shape index (κ1) is 92.1. The van der Waals surface area contributed by atoms with Crippen LogP contribution in [0.15, 0.2) is 48.2 Å². The van der Waals surface area contributed by atoms with Crippen LogP contribution in [0.4, 0.5) is 11.4 Å². The summed E-state index contributed by atoms with van der Waals surface area (Å²) >= 11 is 0. The molecule has 8 rings (SSSR count). The third kappa shape index (κ3) is 23.0. The molecule has 0 aliphatic heterocycles. The van der Waals surface area contributed by atoms with E-state index in [1.807, 2.05) is 136 Å². The molecule has 25 heteroatoms. The summed E-state index contributed by atoms with van der Waals surface area (Å²) in [4.78, 5) is 53.5. The van der Waals surface area contributed by atoms with Gasteiger partial charge in [0.25, 0.3) is 0 Å². The summed E-state index contributed by atoms with van der Waals surface area (Å²) in [6.07, 6.45) is 12.7. The van der Waals surface area contributed by atoms with Crippen LogP contribution in [0.1, 0.15) is 151 Å². The van der Waals surface area contributed by atoms with Gasteiger partial charge < -0.3 is 54.2 Å². The number of aryl methyl sites for hydroxylation is 2. The zero-order chi connectivity index (χ0) is 55.5. The Bertz CT molecular complexity index is 2980. The molecule has 0 aliphatic carbocycles. The molecular formula is C59H98N18O3W4. The molecule has 8 heterocycles. The smallest absolute Gasteiger partial charge is 0.399 e. The third-order valence-electron chi connectivity index (χ3n) is 11.4. The van der Waals surface area contributed by atoms with E-state index in [1.165, 1.54) is 6.42 Å². The molecule has 0 bridgehead atoms. The first-order valence-electron chi connectivity index (χ1n) is 24.1. The van der Waals surface area contributed by atoms with E-state index in [-0.39, 0.29) is 139 Å². The van der Waals surface area contributed by atoms with Crippen LogP contribution >= 0.6 is 0 Å². The maximum absolute atomic E-state index is 11.6. The fourth-order valence-corrected chi connectivity index (χ4v) is 7.05. The molecule has 466 valence electrons. The van der Waals surface area contributed by atoms with Crippen molar-refractivity contribution >= 4 is 11.4 Å². The molecule has 84 heavy (non-hydrogen) atoms. The molecule has 0 aromatic carbocycles. The van der Waals surface area contributed by atoms with E-state index in [2.05, 4.69) is 102 Å². The number of hydrogen-bond donors (Lipinski definition) is 2. The van der Waals surface area contributed by atoms with Crippen molar-refractivity contribution in [1.29, 1.82) is 0 Å². The number of hydrogen-bond acceptors (Lipinski definition) is 15. The first-order valence-corrected chi connectivity index (χ1v) is 24.1. The molecule has 0 radical (unpaired) electrons. The van der Waals surface area contributed by atoms with Gasteiger partial charge in [-0.05, 0) is 25.0 Å². The molecule has 0 unspecified atom stereocenters. The van der Waals surface area contributed by atoms with E-state index in [9.17, 15) is 14.9 Å². The van der Waals surface area contributed by atoms with E-state index in [4.69, 9.17) is 5.73 Å². The number of aromatic nitrogens is 16. The van der Waals surface area contributed by atoms with Crippen LogP contribution in [0.3, 0.4) is 0 Å². The van der Waals surface area contributed by atoms with Crippen molar-refractivity contribution in [1.82, 2.24) is 79.0 Å². The molecule has 0 fully saturated rings. The average Bonchev–Trinajstić information content (AvgIpc) is 4.03. The van der Waals surface area contributed by atoms with Gasteiger partial charge in [0.2, 0.25) is 0 Å². The summed E-state index contributed by atoms with van der Waals surface area (Å²) in [6, 6.07) is 4.38. The second-order valence-corrected chi connectivity index (χ2v) is 18.6. The van der Waals surface area contributed by atoms with Crippen molar-refractivity contribution in [3.05, 3.63) is 174 Å². The van der Waals surface area contributed by atoms with Crippen LogP contribution in [-0.2, 0) is 84.3 Å². The van der Waals surface area contributed by atoms with E-state index in [0.29, 0.717) is 28.9 Å². The second kappa shape index (κ2) is 41.4. The van der Waals surface area contributed by atoms with Gasteiger partial charge in [-0.25, -0.2) is 55.3 Å². The summed E-state index contributed by atoms with van der Waals surface area (Å²) in [5.74, 6) is 2.22. The van der Waals surface area contributed by atoms with Crippen molar-refractivity contribution in [2.24, 2.45) is 0 Å². The number of anilines is 1. The number of nitrogens with one attached hydrogen (secondary N) is 1. The predicted molar refractivity (Wildman–Crippen MR) is 336 cm³/mol. The van der Waals surface area contributed by atoms with Crippen molar-refractivity contribution in [2.75, 3.05) is 5.73 Å².